The average molecular weight is 383 g/mol. The van der Waals surface area contributed by atoms with Gasteiger partial charge < -0.3 is 9.80 Å². The van der Waals surface area contributed by atoms with E-state index in [2.05, 4.69) is 0 Å². The molecule has 1 aliphatic carbocycles. The summed E-state index contributed by atoms with van der Waals surface area (Å²) >= 11 is 0. The van der Waals surface area contributed by atoms with E-state index in [0.29, 0.717) is 32.6 Å². The number of benzene rings is 1. The fourth-order valence-electron chi connectivity index (χ4n) is 4.86. The monoisotopic (exact) mass is 383 g/mol. The van der Waals surface area contributed by atoms with Crippen LogP contribution in [0.4, 0.5) is 0 Å². The first-order chi connectivity index (χ1) is 13.3. The molecule has 2 heterocycles. The molecule has 1 spiro atoms. The summed E-state index contributed by atoms with van der Waals surface area (Å²) in [7, 11) is 0. The Labute approximate surface area is 164 Å². The summed E-state index contributed by atoms with van der Waals surface area (Å²) in [5.41, 5.74) is 1.24. The van der Waals surface area contributed by atoms with Gasteiger partial charge in [0.2, 0.25) is 23.6 Å². The molecule has 0 N–H and O–H groups in total. The molecule has 1 aromatic rings. The Bertz CT molecular complexity index is 859. The third-order valence-corrected chi connectivity index (χ3v) is 6.49. The minimum Gasteiger partial charge on any atom is -0.339 e. The molecule has 0 bridgehead atoms. The highest BCUT2D eigenvalue weighted by Gasteiger charge is 2.57. The summed E-state index contributed by atoms with van der Waals surface area (Å²) in [6.45, 7) is 4.95. The van der Waals surface area contributed by atoms with Gasteiger partial charge in [-0.15, -0.1) is 0 Å². The van der Waals surface area contributed by atoms with Crippen LogP contribution in [0, 0.1) is 0 Å². The predicted molar refractivity (Wildman–Crippen MR) is 101 cm³/mol. The molecule has 2 fully saturated rings. The van der Waals surface area contributed by atoms with Gasteiger partial charge in [0.05, 0.1) is 5.41 Å². The highest BCUT2D eigenvalue weighted by Crippen LogP contribution is 2.47. The van der Waals surface area contributed by atoms with Crippen LogP contribution in [0.3, 0.4) is 0 Å². The molecule has 3 aliphatic rings. The molecule has 4 rings (SSSR count). The van der Waals surface area contributed by atoms with Crippen LogP contribution in [-0.2, 0) is 31.0 Å². The van der Waals surface area contributed by atoms with Gasteiger partial charge in [-0.1, -0.05) is 24.3 Å². The van der Waals surface area contributed by atoms with E-state index in [9.17, 15) is 19.2 Å². The summed E-state index contributed by atoms with van der Waals surface area (Å²) in [5, 5.41) is 0. The number of carbonyl (C=O) groups is 4. The van der Waals surface area contributed by atoms with Crippen molar-refractivity contribution in [3.8, 4) is 0 Å². The number of fused-ring (bicyclic) bond motifs is 2. The molecule has 7 heteroatoms. The Morgan fingerprint density at radius 2 is 1.68 bits per heavy atom. The van der Waals surface area contributed by atoms with Crippen molar-refractivity contribution in [1.82, 2.24) is 14.7 Å². The highest BCUT2D eigenvalue weighted by molar-refractivity contribution is 6.12. The minimum absolute atomic E-state index is 0.00751. The van der Waals surface area contributed by atoms with Crippen LogP contribution in [0.25, 0.3) is 0 Å². The van der Waals surface area contributed by atoms with Gasteiger partial charge >= 0.3 is 0 Å². The first-order valence-electron chi connectivity index (χ1n) is 9.84. The number of amides is 4. The quantitative estimate of drug-likeness (QED) is 0.705. The highest BCUT2D eigenvalue weighted by atomic mass is 16.2. The second kappa shape index (κ2) is 6.72. The number of rotatable bonds is 2. The zero-order chi connectivity index (χ0) is 20.1. The van der Waals surface area contributed by atoms with Crippen molar-refractivity contribution in [2.45, 2.75) is 44.6 Å². The summed E-state index contributed by atoms with van der Waals surface area (Å²) in [5.74, 6) is -0.754. The molecule has 2 aliphatic heterocycles. The van der Waals surface area contributed by atoms with Crippen LogP contribution in [-0.4, -0.2) is 70.5 Å². The van der Waals surface area contributed by atoms with E-state index in [-0.39, 0.29) is 30.0 Å². The van der Waals surface area contributed by atoms with Crippen LogP contribution < -0.4 is 0 Å². The van der Waals surface area contributed by atoms with Gasteiger partial charge in [-0.25, -0.2) is 0 Å². The summed E-state index contributed by atoms with van der Waals surface area (Å²) in [4.78, 5) is 55.1. The lowest BCUT2D eigenvalue weighted by Gasteiger charge is -2.37. The van der Waals surface area contributed by atoms with Crippen molar-refractivity contribution in [1.29, 1.82) is 0 Å². The van der Waals surface area contributed by atoms with Gasteiger partial charge in [0.15, 0.2) is 0 Å². The van der Waals surface area contributed by atoms with Crippen molar-refractivity contribution in [3.05, 3.63) is 35.4 Å². The summed E-state index contributed by atoms with van der Waals surface area (Å²) < 4.78 is 0. The Hall–Kier alpha value is -2.70. The Balaban J connectivity index is 1.52. The number of piperazine rings is 1. The minimum atomic E-state index is -0.823. The van der Waals surface area contributed by atoms with Gasteiger partial charge in [-0.2, -0.15) is 0 Å². The number of nitrogens with zero attached hydrogens (tertiary/aromatic N) is 3. The lowest BCUT2D eigenvalue weighted by atomic mass is 9.80. The maximum absolute atomic E-state index is 13.4. The van der Waals surface area contributed by atoms with Crippen molar-refractivity contribution in [3.63, 3.8) is 0 Å². The molecule has 0 saturated carbocycles. The molecule has 28 heavy (non-hydrogen) atoms. The molecule has 7 nitrogen and oxygen atoms in total. The molecule has 1 aromatic carbocycles. The molecule has 2 atom stereocenters. The van der Waals surface area contributed by atoms with E-state index in [0.717, 1.165) is 17.5 Å². The van der Waals surface area contributed by atoms with Gasteiger partial charge in [0.25, 0.3) is 0 Å². The molecule has 2 unspecified atom stereocenters. The third kappa shape index (κ3) is 2.72. The fourth-order valence-corrected chi connectivity index (χ4v) is 4.86. The van der Waals surface area contributed by atoms with Crippen molar-refractivity contribution < 1.29 is 19.2 Å². The van der Waals surface area contributed by atoms with Gasteiger partial charge in [0, 0.05) is 39.5 Å². The number of carbonyl (C=O) groups excluding carboxylic acids is 4. The first-order valence-corrected chi connectivity index (χ1v) is 9.84. The third-order valence-electron chi connectivity index (χ3n) is 6.49. The van der Waals surface area contributed by atoms with E-state index in [1.54, 1.807) is 16.7 Å². The van der Waals surface area contributed by atoms with Gasteiger partial charge in [-0.05, 0) is 30.9 Å². The Morgan fingerprint density at radius 3 is 2.36 bits per heavy atom. The largest absolute Gasteiger partial charge is 0.339 e. The van der Waals surface area contributed by atoms with Crippen LogP contribution in [0.15, 0.2) is 24.3 Å². The van der Waals surface area contributed by atoms with Crippen LogP contribution in [0.5, 0.6) is 0 Å². The molecule has 4 amide bonds. The van der Waals surface area contributed by atoms with Crippen LogP contribution in [0.1, 0.15) is 37.8 Å². The van der Waals surface area contributed by atoms with E-state index in [4.69, 9.17) is 0 Å². The normalized spacial score (nSPS) is 25.4. The standard InChI is InChI=1S/C21H25N3O4/c1-14(19(27)23-11-9-22(10-12-23)15(2)25)24-18(26)13-21(20(24)28)8-7-16-5-3-4-6-17(16)21/h3-6,14H,7-13H2,1-2H3. The Morgan fingerprint density at radius 1 is 1.04 bits per heavy atom. The van der Waals surface area contributed by atoms with E-state index >= 15 is 0 Å². The van der Waals surface area contributed by atoms with Crippen molar-refractivity contribution >= 4 is 23.6 Å². The number of aryl methyl sites for hydroxylation is 1. The number of imide groups is 1. The smallest absolute Gasteiger partial charge is 0.245 e. The van der Waals surface area contributed by atoms with Crippen LogP contribution >= 0.6 is 0 Å². The van der Waals surface area contributed by atoms with E-state index in [1.165, 1.54) is 11.8 Å². The second-order valence-corrected chi connectivity index (χ2v) is 7.99. The van der Waals surface area contributed by atoms with E-state index < -0.39 is 11.5 Å². The Kier molecular flexibility index (Phi) is 4.48. The molecule has 2 saturated heterocycles. The maximum atomic E-state index is 13.4. The topological polar surface area (TPSA) is 78.0 Å². The lowest BCUT2D eigenvalue weighted by molar-refractivity contribution is -0.152. The molecular weight excluding hydrogens is 358 g/mol. The maximum Gasteiger partial charge on any atom is 0.245 e. The fraction of sp³-hybridized carbons (Fsp3) is 0.524. The average Bonchev–Trinajstić information content (AvgIpc) is 3.19. The summed E-state index contributed by atoms with van der Waals surface area (Å²) in [6, 6.07) is 6.97. The van der Waals surface area contributed by atoms with Crippen LogP contribution in [0.2, 0.25) is 0 Å². The lowest BCUT2D eigenvalue weighted by Crippen LogP contribution is -2.56. The number of hydrogen-bond donors (Lipinski definition) is 0. The predicted octanol–water partition coefficient (Wildman–Crippen LogP) is 0.709. The molecule has 0 aromatic heterocycles. The molecular formula is C21H25N3O4. The van der Waals surface area contributed by atoms with Gasteiger partial charge in [-0.3, -0.25) is 24.1 Å². The van der Waals surface area contributed by atoms with E-state index in [1.807, 2.05) is 24.3 Å². The first kappa shape index (κ1) is 18.7. The zero-order valence-corrected chi connectivity index (χ0v) is 16.3. The number of hydrogen-bond acceptors (Lipinski definition) is 4. The molecule has 148 valence electrons. The number of likely N-dealkylation sites (tertiary alicyclic amines) is 1. The van der Waals surface area contributed by atoms with Gasteiger partial charge in [0.1, 0.15) is 6.04 Å². The van der Waals surface area contributed by atoms with Crippen molar-refractivity contribution in [2.75, 3.05) is 26.2 Å². The molecule has 0 radical (unpaired) electrons. The second-order valence-electron chi connectivity index (χ2n) is 7.99. The summed E-state index contributed by atoms with van der Waals surface area (Å²) in [6.07, 6.45) is 1.53. The zero-order valence-electron chi connectivity index (χ0n) is 16.3. The van der Waals surface area contributed by atoms with Crippen molar-refractivity contribution in [2.24, 2.45) is 0 Å². The SMILES string of the molecule is CC(=O)N1CCN(C(=O)C(C)N2C(=O)CC3(CCc4ccccc43)C2=O)CC1.